The number of aliphatic imine (C=N–C) groups is 1. The fraction of sp³-hybridized carbons (Fsp3) is 0.391. The quantitative estimate of drug-likeness (QED) is 0.467. The summed E-state index contributed by atoms with van der Waals surface area (Å²) in [5.41, 5.74) is 9.13. The molecule has 0 spiro atoms. The van der Waals surface area contributed by atoms with Crippen LogP contribution in [0.3, 0.4) is 0 Å². The molecule has 5 rings (SSSR count). The van der Waals surface area contributed by atoms with Crippen LogP contribution >= 0.6 is 0 Å². The van der Waals surface area contributed by atoms with E-state index in [-0.39, 0.29) is 12.0 Å². The number of nitrogens with one attached hydrogen (secondary N) is 1. The molecule has 2 aliphatic carbocycles. The summed E-state index contributed by atoms with van der Waals surface area (Å²) in [5, 5.41) is 7.14. The number of fused-ring (bicyclic) bond motifs is 1. The molecular formula is C23H26N6O2. The second-order valence-corrected chi connectivity index (χ2v) is 8.26. The van der Waals surface area contributed by atoms with Gasteiger partial charge in [0.1, 0.15) is 11.4 Å². The summed E-state index contributed by atoms with van der Waals surface area (Å²) in [4.78, 5) is 22.2. The second-order valence-electron chi connectivity index (χ2n) is 8.26. The third-order valence-electron chi connectivity index (χ3n) is 5.77. The SMILES string of the molecule is Nc1cc(OC2CC2)c(C(=O)Nc2cnn3cccnc23)cc1C=NC1CCCCC1. The maximum Gasteiger partial charge on any atom is 0.259 e. The molecule has 2 fully saturated rings. The highest BCUT2D eigenvalue weighted by Gasteiger charge is 2.27. The highest BCUT2D eigenvalue weighted by molar-refractivity contribution is 6.09. The first-order valence-corrected chi connectivity index (χ1v) is 10.9. The summed E-state index contributed by atoms with van der Waals surface area (Å²) in [6, 6.07) is 5.63. The van der Waals surface area contributed by atoms with E-state index in [4.69, 9.17) is 15.5 Å². The lowest BCUT2D eigenvalue weighted by atomic mass is 9.96. The van der Waals surface area contributed by atoms with Gasteiger partial charge >= 0.3 is 0 Å². The van der Waals surface area contributed by atoms with Crippen LogP contribution in [0.2, 0.25) is 0 Å². The largest absolute Gasteiger partial charge is 0.490 e. The summed E-state index contributed by atoms with van der Waals surface area (Å²) in [7, 11) is 0. The number of ether oxygens (including phenoxy) is 1. The Morgan fingerprint density at radius 1 is 1.23 bits per heavy atom. The Hall–Kier alpha value is -3.42. The monoisotopic (exact) mass is 418 g/mol. The molecule has 0 radical (unpaired) electrons. The Balaban J connectivity index is 1.44. The first-order chi connectivity index (χ1) is 15.2. The molecule has 2 aromatic heterocycles. The van der Waals surface area contributed by atoms with E-state index in [9.17, 15) is 4.79 Å². The van der Waals surface area contributed by atoms with Gasteiger partial charge in [-0.3, -0.25) is 9.79 Å². The molecule has 1 aromatic carbocycles. The molecule has 2 saturated carbocycles. The first kappa shape index (κ1) is 19.5. The maximum atomic E-state index is 13.2. The Kier molecular flexibility index (Phi) is 5.28. The number of carbonyl (C=O) groups is 1. The number of nitrogens with two attached hydrogens (primary N) is 1. The van der Waals surface area contributed by atoms with Crippen LogP contribution in [-0.2, 0) is 0 Å². The number of hydrogen-bond donors (Lipinski definition) is 2. The van der Waals surface area contributed by atoms with E-state index in [1.54, 1.807) is 47.5 Å². The van der Waals surface area contributed by atoms with Gasteiger partial charge in [-0.05, 0) is 37.8 Å². The van der Waals surface area contributed by atoms with Crippen molar-refractivity contribution < 1.29 is 9.53 Å². The van der Waals surface area contributed by atoms with Crippen LogP contribution in [0.15, 0.2) is 41.8 Å². The van der Waals surface area contributed by atoms with E-state index in [2.05, 4.69) is 15.4 Å². The number of nitrogens with zero attached hydrogens (tertiary/aromatic N) is 4. The fourth-order valence-corrected chi connectivity index (χ4v) is 3.89. The molecule has 31 heavy (non-hydrogen) atoms. The minimum atomic E-state index is -0.288. The van der Waals surface area contributed by atoms with Gasteiger partial charge in [-0.25, -0.2) is 9.50 Å². The van der Waals surface area contributed by atoms with Crippen molar-refractivity contribution in [1.29, 1.82) is 0 Å². The molecule has 3 N–H and O–H groups in total. The van der Waals surface area contributed by atoms with Crippen molar-refractivity contribution in [2.75, 3.05) is 11.1 Å². The Labute approximate surface area is 180 Å². The number of aromatic nitrogens is 3. The Morgan fingerprint density at radius 2 is 2.06 bits per heavy atom. The second kappa shape index (κ2) is 8.37. The van der Waals surface area contributed by atoms with Crippen LogP contribution in [0.4, 0.5) is 11.4 Å². The van der Waals surface area contributed by atoms with Crippen LogP contribution in [0.1, 0.15) is 60.9 Å². The van der Waals surface area contributed by atoms with Crippen molar-refractivity contribution in [3.8, 4) is 5.75 Å². The zero-order chi connectivity index (χ0) is 21.2. The van der Waals surface area contributed by atoms with Crippen molar-refractivity contribution in [1.82, 2.24) is 14.6 Å². The van der Waals surface area contributed by atoms with E-state index < -0.39 is 0 Å². The molecule has 0 aliphatic heterocycles. The van der Waals surface area contributed by atoms with Gasteiger partial charge in [-0.2, -0.15) is 5.10 Å². The number of nitrogen functional groups attached to an aromatic ring is 1. The third-order valence-corrected chi connectivity index (χ3v) is 5.77. The number of amides is 1. The van der Waals surface area contributed by atoms with Crippen LogP contribution in [0.25, 0.3) is 5.65 Å². The zero-order valence-electron chi connectivity index (χ0n) is 17.3. The molecule has 0 unspecified atom stereocenters. The molecule has 0 bridgehead atoms. The summed E-state index contributed by atoms with van der Waals surface area (Å²) >= 11 is 0. The minimum absolute atomic E-state index is 0.145. The molecule has 0 atom stereocenters. The van der Waals surface area contributed by atoms with Gasteiger partial charge in [0.15, 0.2) is 5.65 Å². The van der Waals surface area contributed by atoms with Crippen molar-refractivity contribution >= 4 is 29.1 Å². The molecule has 3 aromatic rings. The summed E-state index contributed by atoms with van der Waals surface area (Å²) in [6.07, 6.45) is 14.9. The molecule has 8 nitrogen and oxygen atoms in total. The number of carbonyl (C=O) groups excluding carboxylic acids is 1. The molecule has 8 heteroatoms. The molecule has 2 aliphatic rings. The van der Waals surface area contributed by atoms with E-state index in [1.807, 2.05) is 0 Å². The van der Waals surface area contributed by atoms with Gasteiger partial charge in [-0.1, -0.05) is 19.3 Å². The molecule has 2 heterocycles. The van der Waals surface area contributed by atoms with Crippen LogP contribution < -0.4 is 15.8 Å². The number of rotatable bonds is 6. The number of anilines is 2. The van der Waals surface area contributed by atoms with E-state index in [0.29, 0.717) is 34.4 Å². The number of benzene rings is 1. The predicted molar refractivity (Wildman–Crippen MR) is 120 cm³/mol. The average Bonchev–Trinajstić information content (AvgIpc) is 3.52. The predicted octanol–water partition coefficient (Wildman–Crippen LogP) is 3.86. The zero-order valence-corrected chi connectivity index (χ0v) is 17.3. The van der Waals surface area contributed by atoms with Crippen molar-refractivity contribution in [2.24, 2.45) is 4.99 Å². The summed E-state index contributed by atoms with van der Waals surface area (Å²) in [6.45, 7) is 0. The van der Waals surface area contributed by atoms with Crippen LogP contribution in [-0.4, -0.2) is 38.9 Å². The molecular weight excluding hydrogens is 392 g/mol. The summed E-state index contributed by atoms with van der Waals surface area (Å²) < 4.78 is 7.61. The van der Waals surface area contributed by atoms with Crippen molar-refractivity contribution in [2.45, 2.75) is 57.1 Å². The van der Waals surface area contributed by atoms with Gasteiger partial charge in [0.2, 0.25) is 0 Å². The normalized spacial score (nSPS) is 17.3. The van der Waals surface area contributed by atoms with Crippen molar-refractivity contribution in [3.05, 3.63) is 47.9 Å². The topological polar surface area (TPSA) is 107 Å². The third kappa shape index (κ3) is 4.38. The Bertz CT molecular complexity index is 1130. The van der Waals surface area contributed by atoms with Crippen LogP contribution in [0, 0.1) is 0 Å². The molecule has 1 amide bonds. The van der Waals surface area contributed by atoms with Crippen molar-refractivity contribution in [3.63, 3.8) is 0 Å². The van der Waals surface area contributed by atoms with E-state index in [0.717, 1.165) is 31.2 Å². The lowest BCUT2D eigenvalue weighted by molar-refractivity contribution is 0.102. The lowest BCUT2D eigenvalue weighted by Gasteiger charge is -2.17. The molecule has 160 valence electrons. The average molecular weight is 419 g/mol. The Morgan fingerprint density at radius 3 is 2.87 bits per heavy atom. The van der Waals surface area contributed by atoms with Gasteiger partial charge in [-0.15, -0.1) is 0 Å². The summed E-state index contributed by atoms with van der Waals surface area (Å²) in [5.74, 6) is 0.209. The van der Waals surface area contributed by atoms with Gasteiger partial charge in [0.05, 0.1) is 17.9 Å². The van der Waals surface area contributed by atoms with E-state index in [1.165, 1.54) is 19.3 Å². The highest BCUT2D eigenvalue weighted by Crippen LogP contribution is 2.33. The maximum absolute atomic E-state index is 13.2. The lowest BCUT2D eigenvalue weighted by Crippen LogP contribution is -2.16. The van der Waals surface area contributed by atoms with Gasteiger partial charge < -0.3 is 15.8 Å². The fourth-order valence-electron chi connectivity index (χ4n) is 3.89. The van der Waals surface area contributed by atoms with Gasteiger partial charge in [0, 0.05) is 42.0 Å². The number of hydrogen-bond acceptors (Lipinski definition) is 6. The van der Waals surface area contributed by atoms with E-state index >= 15 is 0 Å². The smallest absolute Gasteiger partial charge is 0.259 e. The standard InChI is InChI=1S/C23H26N6O2/c24-19-12-21(31-17-7-8-17)18(11-15(19)13-26-16-5-2-1-3-6-16)23(30)28-20-14-27-29-10-4-9-25-22(20)29/h4,9-14,16-17H,1-3,5-8,24H2,(H,28,30). The highest BCUT2D eigenvalue weighted by atomic mass is 16.5. The van der Waals surface area contributed by atoms with Gasteiger partial charge in [0.25, 0.3) is 5.91 Å². The minimum Gasteiger partial charge on any atom is -0.490 e. The van der Waals surface area contributed by atoms with Crippen LogP contribution in [0.5, 0.6) is 5.75 Å². The molecule has 0 saturated heterocycles. The first-order valence-electron chi connectivity index (χ1n) is 10.9.